The molecular formula is C89H84O24. The van der Waals surface area contributed by atoms with E-state index in [1.165, 1.54) is 116 Å². The van der Waals surface area contributed by atoms with Gasteiger partial charge in [0.2, 0.25) is 0 Å². The topological polar surface area (TPSA) is 292 Å². The lowest BCUT2D eigenvalue weighted by molar-refractivity contribution is -0.338. The van der Waals surface area contributed by atoms with Crippen LogP contribution in [0.4, 0.5) is 0 Å². The normalized spacial score (nSPS) is 23.2. The molecule has 24 heteroatoms. The van der Waals surface area contributed by atoms with Gasteiger partial charge in [-0.25, -0.2) is 43.2 Å². The summed E-state index contributed by atoms with van der Waals surface area (Å²) in [6, 6.07) is 70.4. The van der Waals surface area contributed by atoms with Crippen LogP contribution in [0.1, 0.15) is 146 Å². The van der Waals surface area contributed by atoms with Crippen molar-refractivity contribution in [3.8, 4) is 0 Å². The average molecular weight is 1540 g/mol. The summed E-state index contributed by atoms with van der Waals surface area (Å²) in [5.74, 6) is -8.69. The standard InChI is InChI=1S/C89H84O24/c1-3-4-5-6-7-35-54-99-87-76(112-85(97)65-50-31-15-32-51-65)73(109-82(94)62-44-25-12-26-45-62)70(106-79(91)59-38-19-9-20-39-59)67(103-87)56-101-89-77(113-86(98)66-52-33-16-34-53-66)74(110-83(95)63-46-27-13-28-47-63)71(107-80(92)60-40-21-10-22-41-60)68(104-89)55-100-88-75(111-84(96)64-48-29-14-30-49-64)72(108-81(93)61-42-23-11-24-43-61)69(57(2)102-88)105-78(90)58-36-17-8-18-37-58/h8-34,36-53,57,67-77,87-89H,3-7,35,54-56H2,1-2H3/t57-,67-,68-,69-,70-,71-,72+,73+,74+,75+,76+,77+,87+,88+,89+/m1/s1. The van der Waals surface area contributed by atoms with E-state index >= 15 is 4.79 Å². The molecule has 24 nitrogen and oxygen atoms in total. The van der Waals surface area contributed by atoms with Gasteiger partial charge in [-0.05, 0) is 123 Å². The molecule has 3 saturated heterocycles. The molecule has 0 amide bonds. The second-order valence-electron chi connectivity index (χ2n) is 26.7. The molecule has 12 rings (SSSR count). The lowest BCUT2D eigenvalue weighted by Gasteiger charge is -2.47. The summed E-state index contributed by atoms with van der Waals surface area (Å²) < 4.78 is 98.4. The van der Waals surface area contributed by atoms with Crippen LogP contribution >= 0.6 is 0 Å². The zero-order chi connectivity index (χ0) is 78.8. The number of ether oxygens (including phenoxy) is 15. The van der Waals surface area contributed by atoms with Crippen molar-refractivity contribution >= 4 is 53.7 Å². The molecule has 0 bridgehead atoms. The van der Waals surface area contributed by atoms with Gasteiger partial charge in [-0.2, -0.15) is 0 Å². The molecule has 3 heterocycles. The Kier molecular flexibility index (Phi) is 28.7. The molecule has 0 aliphatic carbocycles. The third kappa shape index (κ3) is 21.6. The maximum absolute atomic E-state index is 15.0. The van der Waals surface area contributed by atoms with E-state index in [0.717, 1.165) is 32.1 Å². The first-order chi connectivity index (χ1) is 55.2. The van der Waals surface area contributed by atoms with Crippen molar-refractivity contribution < 1.29 is 114 Å². The number of hydrogen-bond donors (Lipinski definition) is 0. The van der Waals surface area contributed by atoms with Crippen LogP contribution in [-0.4, -0.2) is 166 Å². The van der Waals surface area contributed by atoms with Crippen molar-refractivity contribution in [3.05, 3.63) is 323 Å². The number of rotatable bonds is 32. The number of unbranched alkanes of at least 4 members (excludes halogenated alkanes) is 5. The first kappa shape index (κ1) is 80.5. The minimum atomic E-state index is -2.05. The van der Waals surface area contributed by atoms with Crippen LogP contribution in [0.5, 0.6) is 0 Å². The fourth-order valence-corrected chi connectivity index (χ4v) is 13.0. The fraction of sp³-hybridized carbons (Fsp3) is 0.292. The van der Waals surface area contributed by atoms with Crippen LogP contribution in [0.3, 0.4) is 0 Å². The number of carbonyl (C=O) groups excluding carboxylic acids is 9. The molecule has 0 spiro atoms. The molecule has 9 aromatic rings. The summed E-state index contributed by atoms with van der Waals surface area (Å²) in [5, 5.41) is 0. The fourth-order valence-electron chi connectivity index (χ4n) is 13.0. The summed E-state index contributed by atoms with van der Waals surface area (Å²) in [7, 11) is 0. The second-order valence-corrected chi connectivity index (χ2v) is 26.7. The predicted octanol–water partition coefficient (Wildman–Crippen LogP) is 13.6. The van der Waals surface area contributed by atoms with Crippen LogP contribution in [0.15, 0.2) is 273 Å². The summed E-state index contributed by atoms with van der Waals surface area (Å²) in [5.41, 5.74) is 0.295. The van der Waals surface area contributed by atoms with Gasteiger partial charge >= 0.3 is 53.7 Å². The molecule has 0 saturated carbocycles. The Labute approximate surface area is 652 Å². The highest BCUT2D eigenvalue weighted by atomic mass is 16.8. The minimum absolute atomic E-state index is 0.00551. The van der Waals surface area contributed by atoms with Crippen LogP contribution in [0.2, 0.25) is 0 Å². The Morgan fingerprint density at radius 3 is 0.708 bits per heavy atom. The Balaban J connectivity index is 0.979. The molecule has 3 aliphatic rings. The first-order valence-electron chi connectivity index (χ1n) is 37.3. The van der Waals surface area contributed by atoms with Gasteiger partial charge in [-0.3, -0.25) is 0 Å². The van der Waals surface area contributed by atoms with E-state index in [2.05, 4.69) is 6.92 Å². The Morgan fingerprint density at radius 1 is 0.239 bits per heavy atom. The van der Waals surface area contributed by atoms with Crippen molar-refractivity contribution in [1.82, 2.24) is 0 Å². The molecule has 15 atom stereocenters. The van der Waals surface area contributed by atoms with Gasteiger partial charge in [0.25, 0.3) is 0 Å². The zero-order valence-corrected chi connectivity index (χ0v) is 61.8. The number of benzene rings is 9. The zero-order valence-electron chi connectivity index (χ0n) is 61.8. The van der Waals surface area contributed by atoms with Crippen molar-refractivity contribution in [2.24, 2.45) is 0 Å². The first-order valence-corrected chi connectivity index (χ1v) is 37.3. The monoisotopic (exact) mass is 1540 g/mol. The Hall–Kier alpha value is -12.0. The maximum Gasteiger partial charge on any atom is 0.338 e. The Bertz CT molecular complexity index is 4570. The van der Waals surface area contributed by atoms with E-state index in [0.29, 0.717) is 6.42 Å². The van der Waals surface area contributed by atoms with Crippen molar-refractivity contribution in [3.63, 3.8) is 0 Å². The van der Waals surface area contributed by atoms with E-state index in [4.69, 9.17) is 71.1 Å². The van der Waals surface area contributed by atoms with Gasteiger partial charge in [0.1, 0.15) is 12.2 Å². The van der Waals surface area contributed by atoms with Crippen molar-refractivity contribution in [2.75, 3.05) is 19.8 Å². The molecule has 3 aliphatic heterocycles. The second kappa shape index (κ2) is 40.3. The summed E-state index contributed by atoms with van der Waals surface area (Å²) in [4.78, 5) is 132. The highest BCUT2D eigenvalue weighted by Gasteiger charge is 2.58. The van der Waals surface area contributed by atoms with E-state index < -0.39 is 159 Å². The molecule has 584 valence electrons. The molecule has 0 radical (unpaired) electrons. The third-order valence-corrected chi connectivity index (χ3v) is 18.8. The van der Waals surface area contributed by atoms with Crippen molar-refractivity contribution in [1.29, 1.82) is 0 Å². The van der Waals surface area contributed by atoms with Gasteiger partial charge in [-0.1, -0.05) is 203 Å². The SMILES string of the molecule is CCCCCCCCO[C@H]1O[C@H](CO[C@H]2O[C@H](CO[C@H]3O[C@H](C)[C@@H](OC(=O)c4ccccc4)[C@H](OC(=O)c4ccccc4)[C@@H]3OC(=O)c3ccccc3)[C@@H](OC(=O)c3ccccc3)[C@H](OC(=O)c3ccccc3)[C@@H]2OC(=O)c2ccccc2)[C@@H](OC(=O)c2ccccc2)[C@H](OC(=O)c2ccccc2)[C@@H]1OC(=O)c1ccccc1. The Morgan fingerprint density at radius 2 is 0.442 bits per heavy atom. The van der Waals surface area contributed by atoms with Gasteiger partial charge in [0, 0.05) is 6.61 Å². The number of carbonyl (C=O) groups is 9. The van der Waals surface area contributed by atoms with E-state index in [9.17, 15) is 38.4 Å². The largest absolute Gasteiger partial charge is 0.452 e. The lowest BCUT2D eigenvalue weighted by Crippen LogP contribution is -2.65. The van der Waals surface area contributed by atoms with Gasteiger partial charge in [0.15, 0.2) is 73.8 Å². The molecular weight excluding hydrogens is 1450 g/mol. The number of hydrogen-bond acceptors (Lipinski definition) is 24. The molecule has 9 aromatic carbocycles. The van der Waals surface area contributed by atoms with Gasteiger partial charge < -0.3 is 71.1 Å². The van der Waals surface area contributed by atoms with Crippen molar-refractivity contribution in [2.45, 2.75) is 144 Å². The summed E-state index contributed by atoms with van der Waals surface area (Å²) in [6.07, 6.45) is -21.7. The van der Waals surface area contributed by atoms with Gasteiger partial charge in [-0.15, -0.1) is 0 Å². The molecule has 0 unspecified atom stereocenters. The van der Waals surface area contributed by atoms with Crippen LogP contribution in [-0.2, 0) is 71.1 Å². The lowest BCUT2D eigenvalue weighted by atomic mass is 9.96. The average Bonchev–Trinajstić information content (AvgIpc) is 0.772. The van der Waals surface area contributed by atoms with E-state index in [-0.39, 0.29) is 56.7 Å². The minimum Gasteiger partial charge on any atom is -0.452 e. The maximum atomic E-state index is 15.0. The third-order valence-electron chi connectivity index (χ3n) is 18.8. The molecule has 0 N–H and O–H groups in total. The predicted molar refractivity (Wildman–Crippen MR) is 404 cm³/mol. The van der Waals surface area contributed by atoms with Crippen LogP contribution in [0.25, 0.3) is 0 Å². The molecule has 113 heavy (non-hydrogen) atoms. The summed E-state index contributed by atoms with van der Waals surface area (Å²) >= 11 is 0. The van der Waals surface area contributed by atoms with E-state index in [1.54, 1.807) is 164 Å². The summed E-state index contributed by atoms with van der Waals surface area (Å²) in [6.45, 7) is 1.92. The smallest absolute Gasteiger partial charge is 0.338 e. The molecule has 3 fully saturated rings. The highest BCUT2D eigenvalue weighted by molar-refractivity contribution is 5.94. The van der Waals surface area contributed by atoms with E-state index in [1.807, 2.05) is 0 Å². The van der Waals surface area contributed by atoms with Gasteiger partial charge in [0.05, 0.1) is 69.4 Å². The van der Waals surface area contributed by atoms with Crippen LogP contribution < -0.4 is 0 Å². The van der Waals surface area contributed by atoms with Crippen LogP contribution in [0, 0.1) is 0 Å². The molecule has 0 aromatic heterocycles. The quantitative estimate of drug-likeness (QED) is 0.0215. The highest BCUT2D eigenvalue weighted by Crippen LogP contribution is 2.38. The number of esters is 9.